The van der Waals surface area contributed by atoms with E-state index in [-0.39, 0.29) is 24.7 Å². The highest BCUT2D eigenvalue weighted by molar-refractivity contribution is 6.37. The van der Waals surface area contributed by atoms with Gasteiger partial charge in [0.25, 0.3) is 5.91 Å². The highest BCUT2D eigenvalue weighted by Crippen LogP contribution is 2.32. The van der Waals surface area contributed by atoms with Crippen LogP contribution in [0.2, 0.25) is 10.0 Å². The Morgan fingerprint density at radius 2 is 2.06 bits per heavy atom. The van der Waals surface area contributed by atoms with E-state index >= 15 is 0 Å². The van der Waals surface area contributed by atoms with Gasteiger partial charge in [-0.05, 0) is 12.1 Å². The first kappa shape index (κ1) is 13.6. The predicted molar refractivity (Wildman–Crippen MR) is 65.2 cm³/mol. The summed E-state index contributed by atoms with van der Waals surface area (Å²) in [5.74, 6) is -0.0393. The maximum Gasteiger partial charge on any atom is 0.257 e. The van der Waals surface area contributed by atoms with Crippen molar-refractivity contribution in [2.75, 3.05) is 13.2 Å². The van der Waals surface area contributed by atoms with Gasteiger partial charge in [-0.15, -0.1) is 0 Å². The van der Waals surface area contributed by atoms with Crippen molar-refractivity contribution < 1.29 is 9.53 Å². The number of ether oxygens (including phenoxy) is 1. The van der Waals surface area contributed by atoms with E-state index in [4.69, 9.17) is 33.2 Å². The van der Waals surface area contributed by atoms with Crippen LogP contribution in [0.5, 0.6) is 5.75 Å². The normalized spacial score (nSPS) is 9.47. The standard InChI is InChI=1S/C11H10Cl2N2O2/c12-8-3-1-4-9(13)11(8)17-7-10(16)15-6-2-5-14/h1,3-4H,2,6-7H2,(H,15,16). The Morgan fingerprint density at radius 3 is 2.65 bits per heavy atom. The van der Waals surface area contributed by atoms with Crippen LogP contribution < -0.4 is 10.1 Å². The van der Waals surface area contributed by atoms with E-state index in [0.717, 1.165) is 0 Å². The van der Waals surface area contributed by atoms with Gasteiger partial charge in [-0.1, -0.05) is 29.3 Å². The Kier molecular flexibility index (Phi) is 5.61. The van der Waals surface area contributed by atoms with E-state index in [2.05, 4.69) is 5.32 Å². The molecule has 1 rings (SSSR count). The van der Waals surface area contributed by atoms with Crippen molar-refractivity contribution in [1.82, 2.24) is 5.32 Å². The monoisotopic (exact) mass is 272 g/mol. The Labute approximate surface area is 109 Å². The van der Waals surface area contributed by atoms with E-state index < -0.39 is 0 Å². The van der Waals surface area contributed by atoms with Crippen LogP contribution in [0.25, 0.3) is 0 Å². The summed E-state index contributed by atoms with van der Waals surface area (Å²) in [6.45, 7) is 0.115. The van der Waals surface area contributed by atoms with E-state index in [1.165, 1.54) is 0 Å². The second-order valence-electron chi connectivity index (χ2n) is 3.10. The van der Waals surface area contributed by atoms with Gasteiger partial charge >= 0.3 is 0 Å². The second-order valence-corrected chi connectivity index (χ2v) is 3.91. The molecule has 0 aliphatic rings. The number of para-hydroxylation sites is 1. The summed E-state index contributed by atoms with van der Waals surface area (Å²) >= 11 is 11.7. The highest BCUT2D eigenvalue weighted by atomic mass is 35.5. The first-order valence-electron chi connectivity index (χ1n) is 4.85. The molecule has 0 saturated heterocycles. The first-order valence-corrected chi connectivity index (χ1v) is 5.61. The maximum atomic E-state index is 11.3. The fourth-order valence-corrected chi connectivity index (χ4v) is 1.57. The Balaban J connectivity index is 2.45. The maximum absolute atomic E-state index is 11.3. The van der Waals surface area contributed by atoms with E-state index in [0.29, 0.717) is 16.6 Å². The molecule has 0 spiro atoms. The van der Waals surface area contributed by atoms with E-state index in [1.54, 1.807) is 18.2 Å². The molecule has 0 saturated carbocycles. The number of halogens is 2. The largest absolute Gasteiger partial charge is 0.481 e. The molecule has 0 bridgehead atoms. The third kappa shape index (κ3) is 4.51. The van der Waals surface area contributed by atoms with Crippen molar-refractivity contribution >= 4 is 29.1 Å². The Bertz CT molecular complexity index is 423. The lowest BCUT2D eigenvalue weighted by Crippen LogP contribution is -2.29. The minimum atomic E-state index is -0.323. The van der Waals surface area contributed by atoms with Crippen LogP contribution in [0.15, 0.2) is 18.2 Å². The van der Waals surface area contributed by atoms with Crippen molar-refractivity contribution in [3.05, 3.63) is 28.2 Å². The molecule has 6 heteroatoms. The molecule has 0 aliphatic heterocycles. The number of amides is 1. The molecule has 0 aliphatic carbocycles. The molecule has 4 nitrogen and oxygen atoms in total. The molecule has 0 atom stereocenters. The van der Waals surface area contributed by atoms with Gasteiger partial charge in [0, 0.05) is 6.54 Å². The molecular weight excluding hydrogens is 263 g/mol. The fourth-order valence-electron chi connectivity index (χ4n) is 1.07. The fraction of sp³-hybridized carbons (Fsp3) is 0.273. The van der Waals surface area contributed by atoms with Crippen molar-refractivity contribution in [1.29, 1.82) is 5.26 Å². The average molecular weight is 273 g/mol. The van der Waals surface area contributed by atoms with E-state index in [9.17, 15) is 4.79 Å². The number of benzene rings is 1. The van der Waals surface area contributed by atoms with Crippen molar-refractivity contribution in [2.24, 2.45) is 0 Å². The Hall–Kier alpha value is -1.44. The summed E-state index contributed by atoms with van der Waals surface area (Å²) in [7, 11) is 0. The molecular formula is C11H10Cl2N2O2. The first-order chi connectivity index (χ1) is 8.15. The molecule has 1 N–H and O–H groups in total. The molecule has 1 aromatic rings. The summed E-state index contributed by atoms with van der Waals surface area (Å²) in [6.07, 6.45) is 0.262. The smallest absolute Gasteiger partial charge is 0.257 e. The number of nitrogens with one attached hydrogen (secondary N) is 1. The van der Waals surface area contributed by atoms with Crippen molar-refractivity contribution in [2.45, 2.75) is 6.42 Å². The number of carbonyl (C=O) groups excluding carboxylic acids is 1. The van der Waals surface area contributed by atoms with Gasteiger partial charge in [0.2, 0.25) is 0 Å². The molecule has 0 aromatic heterocycles. The predicted octanol–water partition coefficient (Wildman–Crippen LogP) is 2.40. The van der Waals surface area contributed by atoms with Gasteiger partial charge in [0.15, 0.2) is 12.4 Å². The number of hydrogen-bond acceptors (Lipinski definition) is 3. The van der Waals surface area contributed by atoms with Crippen LogP contribution in [0.1, 0.15) is 6.42 Å². The van der Waals surface area contributed by atoms with Gasteiger partial charge in [-0.2, -0.15) is 5.26 Å². The molecule has 1 aromatic carbocycles. The number of carbonyl (C=O) groups is 1. The van der Waals surface area contributed by atoms with Gasteiger partial charge in [0.1, 0.15) is 0 Å². The quantitative estimate of drug-likeness (QED) is 0.838. The Morgan fingerprint density at radius 1 is 1.41 bits per heavy atom. The van der Waals surface area contributed by atoms with Gasteiger partial charge in [0.05, 0.1) is 22.5 Å². The third-order valence-electron chi connectivity index (χ3n) is 1.83. The molecule has 0 radical (unpaired) electrons. The highest BCUT2D eigenvalue weighted by Gasteiger charge is 2.08. The zero-order valence-corrected chi connectivity index (χ0v) is 10.4. The van der Waals surface area contributed by atoms with Crippen LogP contribution in [0.3, 0.4) is 0 Å². The molecule has 17 heavy (non-hydrogen) atoms. The van der Waals surface area contributed by atoms with Crippen molar-refractivity contribution in [3.8, 4) is 11.8 Å². The van der Waals surface area contributed by atoms with Crippen LogP contribution in [-0.2, 0) is 4.79 Å². The summed E-state index contributed by atoms with van der Waals surface area (Å²) in [4.78, 5) is 11.3. The van der Waals surface area contributed by atoms with Crippen LogP contribution in [0.4, 0.5) is 0 Å². The van der Waals surface area contributed by atoms with Crippen LogP contribution >= 0.6 is 23.2 Å². The summed E-state index contributed by atoms with van der Waals surface area (Å²) in [6, 6.07) is 6.85. The number of nitriles is 1. The SMILES string of the molecule is N#CCCNC(=O)COc1c(Cl)cccc1Cl. The zero-order valence-electron chi connectivity index (χ0n) is 8.87. The molecule has 0 fully saturated rings. The molecule has 0 heterocycles. The number of hydrogen-bond donors (Lipinski definition) is 1. The van der Waals surface area contributed by atoms with Crippen LogP contribution in [-0.4, -0.2) is 19.1 Å². The number of nitrogens with zero attached hydrogens (tertiary/aromatic N) is 1. The lowest BCUT2D eigenvalue weighted by molar-refractivity contribution is -0.123. The van der Waals surface area contributed by atoms with Gasteiger partial charge < -0.3 is 10.1 Å². The van der Waals surface area contributed by atoms with Gasteiger partial charge in [-0.25, -0.2) is 0 Å². The molecule has 0 unspecified atom stereocenters. The lowest BCUT2D eigenvalue weighted by Gasteiger charge is -2.09. The minimum Gasteiger partial charge on any atom is -0.481 e. The minimum absolute atomic E-state index is 0.186. The summed E-state index contributed by atoms with van der Waals surface area (Å²) < 4.78 is 5.20. The van der Waals surface area contributed by atoms with Gasteiger partial charge in [-0.3, -0.25) is 4.79 Å². The average Bonchev–Trinajstić information content (AvgIpc) is 2.29. The van der Waals surface area contributed by atoms with Crippen molar-refractivity contribution in [3.63, 3.8) is 0 Å². The molecule has 90 valence electrons. The lowest BCUT2D eigenvalue weighted by atomic mass is 10.3. The molecule has 1 amide bonds. The summed E-state index contributed by atoms with van der Waals surface area (Å²) in [5.41, 5.74) is 0. The van der Waals surface area contributed by atoms with Crippen LogP contribution in [0, 0.1) is 11.3 Å². The number of rotatable bonds is 5. The topological polar surface area (TPSA) is 62.1 Å². The summed E-state index contributed by atoms with van der Waals surface area (Å²) in [5, 5.41) is 11.5. The zero-order chi connectivity index (χ0) is 12.7. The third-order valence-corrected chi connectivity index (χ3v) is 2.42. The van der Waals surface area contributed by atoms with E-state index in [1.807, 2.05) is 6.07 Å². The second kappa shape index (κ2) is 7.00.